The highest BCUT2D eigenvalue weighted by molar-refractivity contribution is 7.91. The summed E-state index contributed by atoms with van der Waals surface area (Å²) in [6.07, 6.45) is 11.6. The lowest BCUT2D eigenvalue weighted by atomic mass is 10.1. The first-order chi connectivity index (χ1) is 14.3. The summed E-state index contributed by atoms with van der Waals surface area (Å²) >= 11 is 0. The van der Waals surface area contributed by atoms with Crippen molar-refractivity contribution < 1.29 is 26.3 Å². The van der Waals surface area contributed by atoms with Gasteiger partial charge in [0.25, 0.3) is 0 Å². The third-order valence-corrected chi connectivity index (χ3v) is 9.11. The van der Waals surface area contributed by atoms with Gasteiger partial charge in [0.2, 0.25) is 0 Å². The molecule has 0 amide bonds. The van der Waals surface area contributed by atoms with Crippen molar-refractivity contribution in [2.45, 2.75) is 103 Å². The molecule has 0 aromatic heterocycles. The quantitative estimate of drug-likeness (QED) is 0.278. The maximum Gasteiger partial charge on any atom is 0.152 e. The highest BCUT2D eigenvalue weighted by Crippen LogP contribution is 2.15. The van der Waals surface area contributed by atoms with Crippen LogP contribution >= 0.6 is 0 Å². The molecule has 1 aliphatic rings. The van der Waals surface area contributed by atoms with Gasteiger partial charge in [0.05, 0.1) is 48.4 Å². The molecule has 0 saturated carbocycles. The summed E-state index contributed by atoms with van der Waals surface area (Å²) in [7, 11) is -6.34. The average Bonchev–Trinajstić information content (AvgIpc) is 2.68. The van der Waals surface area contributed by atoms with Crippen molar-refractivity contribution in [3.8, 4) is 0 Å². The lowest BCUT2D eigenvalue weighted by molar-refractivity contribution is -0.116. The zero-order valence-electron chi connectivity index (χ0n) is 19.1. The normalized spacial score (nSPS) is 20.5. The van der Waals surface area contributed by atoms with E-state index in [1.165, 1.54) is 38.5 Å². The first-order valence-electron chi connectivity index (χ1n) is 11.9. The molecular weight excluding hydrogens is 424 g/mol. The van der Waals surface area contributed by atoms with Crippen molar-refractivity contribution in [1.29, 1.82) is 0 Å². The van der Waals surface area contributed by atoms with Gasteiger partial charge in [0, 0.05) is 0 Å². The van der Waals surface area contributed by atoms with Gasteiger partial charge in [-0.3, -0.25) is 0 Å². The van der Waals surface area contributed by atoms with Crippen LogP contribution in [-0.4, -0.2) is 65.3 Å². The van der Waals surface area contributed by atoms with Gasteiger partial charge in [-0.2, -0.15) is 0 Å². The minimum Gasteiger partial charge on any atom is -0.372 e. The summed E-state index contributed by atoms with van der Waals surface area (Å²) in [6.45, 7) is 4.61. The molecular formula is C22H44O6S2. The lowest BCUT2D eigenvalue weighted by Gasteiger charge is -2.29. The number of ether oxygens (including phenoxy) is 2. The molecule has 8 heteroatoms. The highest BCUT2D eigenvalue weighted by atomic mass is 32.2. The number of hydrogen-bond donors (Lipinski definition) is 0. The first-order valence-corrected chi connectivity index (χ1v) is 15.6. The summed E-state index contributed by atoms with van der Waals surface area (Å²) in [5.74, 6) is 0.294. The van der Waals surface area contributed by atoms with Crippen LogP contribution in [0.1, 0.15) is 90.9 Å². The van der Waals surface area contributed by atoms with Crippen LogP contribution in [0, 0.1) is 0 Å². The zero-order chi connectivity index (χ0) is 22.3. The van der Waals surface area contributed by atoms with Crippen LogP contribution in [0.3, 0.4) is 0 Å². The molecule has 0 spiro atoms. The number of unbranched alkanes of at least 4 members (excludes halogenated alkanes) is 10. The number of hydrogen-bond acceptors (Lipinski definition) is 6. The molecule has 1 fully saturated rings. The molecule has 0 aromatic rings. The third-order valence-electron chi connectivity index (χ3n) is 5.53. The molecule has 1 heterocycles. The Morgan fingerprint density at radius 2 is 0.900 bits per heavy atom. The molecule has 180 valence electrons. The van der Waals surface area contributed by atoms with Crippen molar-refractivity contribution in [2.75, 3.05) is 36.2 Å². The lowest BCUT2D eigenvalue weighted by Crippen LogP contribution is -2.42. The second-order valence-corrected chi connectivity index (χ2v) is 13.1. The van der Waals surface area contributed by atoms with E-state index in [9.17, 15) is 16.8 Å². The topological polar surface area (TPSA) is 86.7 Å². The molecule has 1 aliphatic heterocycles. The molecule has 2 atom stereocenters. The van der Waals surface area contributed by atoms with Crippen LogP contribution in [0.5, 0.6) is 0 Å². The maximum atomic E-state index is 12.3. The van der Waals surface area contributed by atoms with Gasteiger partial charge < -0.3 is 9.47 Å². The standard InChI is InChI=1S/C22H44O6S2/c1-3-5-7-9-11-13-15-29(23,24)19-21-17-28-22(18-27-21)20-30(25,26)16-14-12-10-8-6-4-2/h21-22H,3-20H2,1-2H3/t21-,22-/m0/s1. The van der Waals surface area contributed by atoms with Crippen molar-refractivity contribution in [3.05, 3.63) is 0 Å². The minimum atomic E-state index is -3.17. The van der Waals surface area contributed by atoms with Crippen LogP contribution in [0.25, 0.3) is 0 Å². The van der Waals surface area contributed by atoms with Crippen LogP contribution in [0.15, 0.2) is 0 Å². The second kappa shape index (κ2) is 15.6. The van der Waals surface area contributed by atoms with E-state index >= 15 is 0 Å². The predicted octanol–water partition coefficient (Wildman–Crippen LogP) is 4.32. The Balaban J connectivity index is 2.21. The van der Waals surface area contributed by atoms with Gasteiger partial charge in [-0.1, -0.05) is 78.1 Å². The zero-order valence-corrected chi connectivity index (χ0v) is 20.8. The Labute approximate surface area is 185 Å². The van der Waals surface area contributed by atoms with Gasteiger partial charge in [-0.25, -0.2) is 16.8 Å². The SMILES string of the molecule is CCCCCCCCS(=O)(=O)C[C@@H]1CO[C@H](CS(=O)(=O)CCCCCCCC)CO1. The monoisotopic (exact) mass is 468 g/mol. The molecule has 6 nitrogen and oxygen atoms in total. The minimum absolute atomic E-state index is 0.0425. The summed E-state index contributed by atoms with van der Waals surface area (Å²) in [6, 6.07) is 0. The van der Waals surface area contributed by atoms with E-state index in [0.29, 0.717) is 12.8 Å². The molecule has 0 aliphatic carbocycles. The fourth-order valence-electron chi connectivity index (χ4n) is 3.71. The Morgan fingerprint density at radius 3 is 1.23 bits per heavy atom. The van der Waals surface area contributed by atoms with Crippen molar-refractivity contribution in [2.24, 2.45) is 0 Å². The molecule has 0 aromatic carbocycles. The second-order valence-electron chi connectivity index (χ2n) is 8.67. The van der Waals surface area contributed by atoms with Crippen molar-refractivity contribution in [1.82, 2.24) is 0 Å². The molecule has 1 saturated heterocycles. The van der Waals surface area contributed by atoms with E-state index in [-0.39, 0.29) is 36.2 Å². The van der Waals surface area contributed by atoms with Crippen LogP contribution in [0.2, 0.25) is 0 Å². The fraction of sp³-hybridized carbons (Fsp3) is 1.00. The summed E-state index contributed by atoms with van der Waals surface area (Å²) in [5, 5.41) is 0. The van der Waals surface area contributed by atoms with Crippen molar-refractivity contribution >= 4 is 19.7 Å². The van der Waals surface area contributed by atoms with E-state index in [4.69, 9.17) is 9.47 Å². The van der Waals surface area contributed by atoms with E-state index < -0.39 is 31.9 Å². The van der Waals surface area contributed by atoms with Gasteiger partial charge in [0.15, 0.2) is 19.7 Å². The van der Waals surface area contributed by atoms with E-state index in [0.717, 1.165) is 25.7 Å². The first kappa shape index (κ1) is 27.9. The van der Waals surface area contributed by atoms with E-state index in [2.05, 4.69) is 13.8 Å². The van der Waals surface area contributed by atoms with Gasteiger partial charge in [0.1, 0.15) is 0 Å². The Kier molecular flexibility index (Phi) is 14.5. The predicted molar refractivity (Wildman–Crippen MR) is 124 cm³/mol. The largest absolute Gasteiger partial charge is 0.372 e. The van der Waals surface area contributed by atoms with Gasteiger partial charge >= 0.3 is 0 Å². The molecule has 30 heavy (non-hydrogen) atoms. The summed E-state index contributed by atoms with van der Waals surface area (Å²) < 4.78 is 60.4. The van der Waals surface area contributed by atoms with Gasteiger partial charge in [-0.15, -0.1) is 0 Å². The Hall–Kier alpha value is -0.180. The molecule has 0 N–H and O–H groups in total. The van der Waals surface area contributed by atoms with Crippen LogP contribution < -0.4 is 0 Å². The van der Waals surface area contributed by atoms with E-state index in [1.807, 2.05) is 0 Å². The summed E-state index contributed by atoms with van der Waals surface area (Å²) in [5.41, 5.74) is 0. The van der Waals surface area contributed by atoms with Gasteiger partial charge in [-0.05, 0) is 12.8 Å². The Bertz CT molecular complexity index is 566. The van der Waals surface area contributed by atoms with Crippen molar-refractivity contribution in [3.63, 3.8) is 0 Å². The van der Waals surface area contributed by atoms with Crippen LogP contribution in [0.4, 0.5) is 0 Å². The summed E-state index contributed by atoms with van der Waals surface area (Å²) in [4.78, 5) is 0. The fourth-order valence-corrected chi connectivity index (χ4v) is 6.85. The molecule has 1 rings (SSSR count). The van der Waals surface area contributed by atoms with E-state index in [1.54, 1.807) is 0 Å². The smallest absolute Gasteiger partial charge is 0.152 e. The molecule has 0 radical (unpaired) electrons. The Morgan fingerprint density at radius 1 is 0.567 bits per heavy atom. The third kappa shape index (κ3) is 14.0. The average molecular weight is 469 g/mol. The molecule has 0 bridgehead atoms. The maximum absolute atomic E-state index is 12.3. The highest BCUT2D eigenvalue weighted by Gasteiger charge is 2.29. The number of rotatable bonds is 18. The van der Waals surface area contributed by atoms with Crippen LogP contribution in [-0.2, 0) is 29.1 Å². The number of sulfone groups is 2. The molecule has 0 unspecified atom stereocenters.